The van der Waals surface area contributed by atoms with Crippen molar-refractivity contribution >= 4 is 23.0 Å². The van der Waals surface area contributed by atoms with Crippen molar-refractivity contribution < 1.29 is 9.53 Å². The molecule has 0 atom stereocenters. The van der Waals surface area contributed by atoms with E-state index in [-0.39, 0.29) is 11.9 Å². The van der Waals surface area contributed by atoms with Crippen molar-refractivity contribution in [3.05, 3.63) is 48.0 Å². The molecule has 23 heavy (non-hydrogen) atoms. The second-order valence-electron chi connectivity index (χ2n) is 5.49. The van der Waals surface area contributed by atoms with Gasteiger partial charge in [-0.25, -0.2) is 0 Å². The zero-order chi connectivity index (χ0) is 16.8. The van der Waals surface area contributed by atoms with Gasteiger partial charge in [-0.05, 0) is 51.1 Å². The summed E-state index contributed by atoms with van der Waals surface area (Å²) >= 11 is 0. The molecule has 0 saturated carbocycles. The van der Waals surface area contributed by atoms with Crippen LogP contribution in [0.4, 0.5) is 17.1 Å². The molecule has 0 aromatic heterocycles. The molecule has 5 heteroatoms. The van der Waals surface area contributed by atoms with Gasteiger partial charge in [0.1, 0.15) is 5.75 Å². The normalized spacial score (nSPS) is 10.4. The van der Waals surface area contributed by atoms with Crippen LogP contribution < -0.4 is 21.1 Å². The molecule has 0 heterocycles. The van der Waals surface area contributed by atoms with Gasteiger partial charge in [0, 0.05) is 11.7 Å². The topological polar surface area (TPSA) is 76.4 Å². The highest BCUT2D eigenvalue weighted by Gasteiger charge is 2.14. The van der Waals surface area contributed by atoms with Gasteiger partial charge in [0.2, 0.25) is 0 Å². The molecule has 0 radical (unpaired) electrons. The van der Waals surface area contributed by atoms with Gasteiger partial charge in [0.15, 0.2) is 0 Å². The molecule has 0 saturated heterocycles. The van der Waals surface area contributed by atoms with Gasteiger partial charge in [-0.15, -0.1) is 0 Å². The smallest absolute Gasteiger partial charge is 0.253 e. The van der Waals surface area contributed by atoms with Crippen molar-refractivity contribution in [2.24, 2.45) is 0 Å². The Hall–Kier alpha value is -2.69. The fraction of sp³-hybridized carbons (Fsp3) is 0.278. The summed E-state index contributed by atoms with van der Waals surface area (Å²) < 4.78 is 5.61. The first kappa shape index (κ1) is 16.7. The number of nitrogen functional groups attached to an aromatic ring is 1. The number of carbonyl (C=O) groups excluding carboxylic acids is 1. The first-order valence-electron chi connectivity index (χ1n) is 7.70. The number of rotatable bonds is 6. The van der Waals surface area contributed by atoms with Crippen molar-refractivity contribution in [1.82, 2.24) is 5.32 Å². The fourth-order valence-corrected chi connectivity index (χ4v) is 2.20. The molecule has 0 aliphatic carbocycles. The summed E-state index contributed by atoms with van der Waals surface area (Å²) in [4.78, 5) is 12.4. The molecule has 0 spiro atoms. The Kier molecular flexibility index (Phi) is 5.46. The number of hydrogen-bond donors (Lipinski definition) is 3. The first-order valence-corrected chi connectivity index (χ1v) is 7.70. The fourth-order valence-electron chi connectivity index (χ4n) is 2.20. The Morgan fingerprint density at radius 2 is 1.91 bits per heavy atom. The van der Waals surface area contributed by atoms with Crippen LogP contribution in [-0.4, -0.2) is 18.6 Å². The Balaban J connectivity index is 2.35. The predicted molar refractivity (Wildman–Crippen MR) is 94.4 cm³/mol. The number of para-hydroxylation sites is 2. The van der Waals surface area contributed by atoms with Gasteiger partial charge >= 0.3 is 0 Å². The number of anilines is 3. The van der Waals surface area contributed by atoms with Gasteiger partial charge in [-0.2, -0.15) is 0 Å². The molecule has 2 aromatic rings. The van der Waals surface area contributed by atoms with Crippen LogP contribution in [0.25, 0.3) is 0 Å². The molecule has 2 rings (SSSR count). The lowest BCUT2D eigenvalue weighted by molar-refractivity contribution is 0.0944. The summed E-state index contributed by atoms with van der Waals surface area (Å²) in [6, 6.07) is 12.9. The van der Waals surface area contributed by atoms with E-state index in [9.17, 15) is 4.79 Å². The zero-order valence-electron chi connectivity index (χ0n) is 13.7. The third-order valence-electron chi connectivity index (χ3n) is 3.16. The van der Waals surface area contributed by atoms with E-state index in [4.69, 9.17) is 10.5 Å². The molecule has 4 N–H and O–H groups in total. The van der Waals surface area contributed by atoms with E-state index >= 15 is 0 Å². The lowest BCUT2D eigenvalue weighted by atomic mass is 10.1. The van der Waals surface area contributed by atoms with Crippen molar-refractivity contribution in [3.63, 3.8) is 0 Å². The van der Waals surface area contributed by atoms with E-state index in [1.54, 1.807) is 18.2 Å². The summed E-state index contributed by atoms with van der Waals surface area (Å²) in [7, 11) is 0. The Morgan fingerprint density at radius 3 is 2.61 bits per heavy atom. The van der Waals surface area contributed by atoms with Crippen LogP contribution >= 0.6 is 0 Å². The minimum atomic E-state index is -0.163. The summed E-state index contributed by atoms with van der Waals surface area (Å²) in [5.74, 6) is 0.575. The molecule has 122 valence electrons. The van der Waals surface area contributed by atoms with Crippen LogP contribution in [-0.2, 0) is 0 Å². The van der Waals surface area contributed by atoms with Gasteiger partial charge in [0.05, 0.1) is 23.5 Å². The minimum absolute atomic E-state index is 0.0486. The number of nitrogens with one attached hydrogen (secondary N) is 2. The SMILES string of the molecule is CCOc1ccccc1Nc1ccc(N)cc1C(=O)NC(C)C. The first-order chi connectivity index (χ1) is 11.0. The summed E-state index contributed by atoms with van der Waals surface area (Å²) in [6.07, 6.45) is 0. The third-order valence-corrected chi connectivity index (χ3v) is 3.16. The Morgan fingerprint density at radius 1 is 1.17 bits per heavy atom. The highest BCUT2D eigenvalue weighted by atomic mass is 16.5. The van der Waals surface area contributed by atoms with Crippen molar-refractivity contribution in [3.8, 4) is 5.75 Å². The molecule has 1 amide bonds. The maximum atomic E-state index is 12.4. The van der Waals surface area contributed by atoms with Gasteiger partial charge in [0.25, 0.3) is 5.91 Å². The van der Waals surface area contributed by atoms with Crippen molar-refractivity contribution in [2.45, 2.75) is 26.8 Å². The number of carbonyl (C=O) groups is 1. The van der Waals surface area contributed by atoms with E-state index in [1.807, 2.05) is 45.0 Å². The number of amides is 1. The van der Waals surface area contributed by atoms with E-state index < -0.39 is 0 Å². The molecule has 2 aromatic carbocycles. The number of benzene rings is 2. The lowest BCUT2D eigenvalue weighted by Crippen LogP contribution is -2.30. The number of hydrogen-bond acceptors (Lipinski definition) is 4. The van der Waals surface area contributed by atoms with E-state index in [2.05, 4.69) is 10.6 Å². The van der Waals surface area contributed by atoms with E-state index in [0.29, 0.717) is 23.5 Å². The average Bonchev–Trinajstić information content (AvgIpc) is 2.50. The molecular formula is C18H23N3O2. The largest absolute Gasteiger partial charge is 0.492 e. The predicted octanol–water partition coefficient (Wildman–Crippen LogP) is 3.55. The third kappa shape index (κ3) is 4.39. The molecule has 0 unspecified atom stereocenters. The highest BCUT2D eigenvalue weighted by molar-refractivity contribution is 6.01. The second-order valence-corrected chi connectivity index (χ2v) is 5.49. The van der Waals surface area contributed by atoms with Gasteiger partial charge in [-0.1, -0.05) is 12.1 Å². The van der Waals surface area contributed by atoms with Crippen LogP contribution in [0.2, 0.25) is 0 Å². The van der Waals surface area contributed by atoms with E-state index in [1.165, 1.54) is 0 Å². The molecule has 0 aliphatic rings. The maximum absolute atomic E-state index is 12.4. The number of nitrogens with two attached hydrogens (primary N) is 1. The molecule has 0 fully saturated rings. The Labute approximate surface area is 136 Å². The van der Waals surface area contributed by atoms with Crippen LogP contribution in [0.1, 0.15) is 31.1 Å². The van der Waals surface area contributed by atoms with Crippen LogP contribution in [0, 0.1) is 0 Å². The summed E-state index contributed by atoms with van der Waals surface area (Å²) in [5.41, 5.74) is 8.37. The van der Waals surface area contributed by atoms with Gasteiger partial charge < -0.3 is 21.1 Å². The average molecular weight is 313 g/mol. The summed E-state index contributed by atoms with van der Waals surface area (Å²) in [6.45, 7) is 6.34. The zero-order valence-corrected chi connectivity index (χ0v) is 13.7. The number of ether oxygens (including phenoxy) is 1. The van der Waals surface area contributed by atoms with E-state index in [0.717, 1.165) is 11.4 Å². The van der Waals surface area contributed by atoms with Crippen molar-refractivity contribution in [1.29, 1.82) is 0 Å². The maximum Gasteiger partial charge on any atom is 0.253 e. The molecule has 0 bridgehead atoms. The summed E-state index contributed by atoms with van der Waals surface area (Å²) in [5, 5.41) is 6.15. The van der Waals surface area contributed by atoms with Crippen LogP contribution in [0.5, 0.6) is 5.75 Å². The molecule has 0 aliphatic heterocycles. The van der Waals surface area contributed by atoms with Crippen LogP contribution in [0.3, 0.4) is 0 Å². The highest BCUT2D eigenvalue weighted by Crippen LogP contribution is 2.30. The lowest BCUT2D eigenvalue weighted by Gasteiger charge is -2.16. The van der Waals surface area contributed by atoms with Gasteiger partial charge in [-0.3, -0.25) is 4.79 Å². The second kappa shape index (κ2) is 7.54. The van der Waals surface area contributed by atoms with Crippen LogP contribution in [0.15, 0.2) is 42.5 Å². The monoisotopic (exact) mass is 313 g/mol. The molecule has 5 nitrogen and oxygen atoms in total. The van der Waals surface area contributed by atoms with Crippen molar-refractivity contribution in [2.75, 3.05) is 17.7 Å². The Bertz CT molecular complexity index is 684. The quantitative estimate of drug-likeness (QED) is 0.713. The standard InChI is InChI=1S/C18H23N3O2/c1-4-23-17-8-6-5-7-16(17)21-15-10-9-13(19)11-14(15)18(22)20-12(2)3/h5-12,21H,4,19H2,1-3H3,(H,20,22). The molecular weight excluding hydrogens is 290 g/mol. The minimum Gasteiger partial charge on any atom is -0.492 e.